The van der Waals surface area contributed by atoms with Crippen LogP contribution in [0.1, 0.15) is 16.7 Å². The van der Waals surface area contributed by atoms with Crippen LogP contribution in [0.15, 0.2) is 94.8 Å². The summed E-state index contributed by atoms with van der Waals surface area (Å²) >= 11 is 1.33. The van der Waals surface area contributed by atoms with Gasteiger partial charge in [0.25, 0.3) is 5.91 Å². The minimum atomic E-state index is -0.325. The molecule has 4 rings (SSSR count). The Morgan fingerprint density at radius 2 is 1.59 bits per heavy atom. The molecule has 29 heavy (non-hydrogen) atoms. The lowest BCUT2D eigenvalue weighted by Gasteiger charge is -2.15. The van der Waals surface area contributed by atoms with Crippen LogP contribution in [0.25, 0.3) is 6.08 Å². The van der Waals surface area contributed by atoms with Gasteiger partial charge in [0, 0.05) is 0 Å². The van der Waals surface area contributed by atoms with E-state index in [1.165, 1.54) is 23.9 Å². The van der Waals surface area contributed by atoms with Gasteiger partial charge in [-0.1, -0.05) is 72.8 Å². The summed E-state index contributed by atoms with van der Waals surface area (Å²) in [7, 11) is 0. The number of carbonyl (C=O) groups excluding carboxylic acids is 1. The Morgan fingerprint density at radius 1 is 0.897 bits per heavy atom. The monoisotopic (exact) mass is 402 g/mol. The van der Waals surface area contributed by atoms with Crippen LogP contribution >= 0.6 is 11.8 Å². The second kappa shape index (κ2) is 8.88. The number of nitrogens with zero attached hydrogens (tertiary/aromatic N) is 2. The van der Waals surface area contributed by atoms with Gasteiger partial charge in [-0.15, -0.1) is 0 Å². The molecule has 0 aromatic heterocycles. The van der Waals surface area contributed by atoms with E-state index in [1.54, 1.807) is 23.1 Å². The highest BCUT2D eigenvalue weighted by atomic mass is 32.2. The van der Waals surface area contributed by atoms with Gasteiger partial charge in [0.15, 0.2) is 5.17 Å². The maximum atomic E-state index is 13.5. The highest BCUT2D eigenvalue weighted by Crippen LogP contribution is 2.34. The fourth-order valence-corrected chi connectivity index (χ4v) is 4.00. The molecular formula is C24H19FN2OS. The van der Waals surface area contributed by atoms with Crippen molar-refractivity contribution in [2.75, 3.05) is 0 Å². The van der Waals surface area contributed by atoms with E-state index in [1.807, 2.05) is 60.7 Å². The first-order valence-electron chi connectivity index (χ1n) is 9.28. The van der Waals surface area contributed by atoms with Crippen molar-refractivity contribution >= 4 is 28.9 Å². The lowest BCUT2D eigenvalue weighted by Crippen LogP contribution is -2.28. The Morgan fingerprint density at radius 3 is 2.28 bits per heavy atom. The zero-order valence-electron chi connectivity index (χ0n) is 15.7. The van der Waals surface area contributed by atoms with Gasteiger partial charge in [-0.05, 0) is 46.7 Å². The Balaban J connectivity index is 1.63. The Hall–Kier alpha value is -3.18. The summed E-state index contributed by atoms with van der Waals surface area (Å²) in [6.45, 7) is 0.940. The van der Waals surface area contributed by atoms with Gasteiger partial charge in [0.1, 0.15) is 5.82 Å². The van der Waals surface area contributed by atoms with Crippen LogP contribution in [0, 0.1) is 5.82 Å². The van der Waals surface area contributed by atoms with Gasteiger partial charge in [0.2, 0.25) is 0 Å². The van der Waals surface area contributed by atoms with E-state index in [0.29, 0.717) is 28.7 Å². The van der Waals surface area contributed by atoms with Crippen LogP contribution < -0.4 is 0 Å². The molecule has 3 nitrogen and oxygen atoms in total. The van der Waals surface area contributed by atoms with Crippen molar-refractivity contribution in [3.05, 3.63) is 112 Å². The summed E-state index contributed by atoms with van der Waals surface area (Å²) in [5.41, 5.74) is 2.76. The number of halogens is 1. The molecule has 1 fully saturated rings. The second-order valence-electron chi connectivity index (χ2n) is 6.63. The molecule has 0 aliphatic carbocycles. The van der Waals surface area contributed by atoms with Crippen LogP contribution in [0.4, 0.5) is 4.39 Å². The van der Waals surface area contributed by atoms with Gasteiger partial charge >= 0.3 is 0 Å². The van der Waals surface area contributed by atoms with Crippen molar-refractivity contribution < 1.29 is 9.18 Å². The number of carbonyl (C=O) groups is 1. The number of hydrogen-bond acceptors (Lipinski definition) is 3. The predicted octanol–water partition coefficient (Wildman–Crippen LogP) is 5.50. The first-order chi connectivity index (χ1) is 14.2. The van der Waals surface area contributed by atoms with E-state index in [2.05, 4.69) is 0 Å². The van der Waals surface area contributed by atoms with E-state index in [0.717, 1.165) is 11.1 Å². The molecule has 1 amide bonds. The third kappa shape index (κ3) is 4.81. The third-order valence-electron chi connectivity index (χ3n) is 4.46. The summed E-state index contributed by atoms with van der Waals surface area (Å²) in [5, 5.41) is 0.658. The summed E-state index contributed by atoms with van der Waals surface area (Å²) in [4.78, 5) is 20.0. The number of hydrogen-bond donors (Lipinski definition) is 0. The van der Waals surface area contributed by atoms with Crippen LogP contribution in [-0.4, -0.2) is 16.0 Å². The minimum absolute atomic E-state index is 0.116. The fraction of sp³-hybridized carbons (Fsp3) is 0.0833. The van der Waals surface area contributed by atoms with Crippen molar-refractivity contribution in [2.24, 2.45) is 4.99 Å². The molecule has 0 spiro atoms. The largest absolute Gasteiger partial charge is 0.282 e. The predicted molar refractivity (Wildman–Crippen MR) is 117 cm³/mol. The molecule has 0 bridgehead atoms. The standard InChI is InChI=1S/C24H19FN2OS/c25-21-13-7-12-20(14-21)15-22-23(28)27(17-19-10-5-2-6-11-19)24(29-22)26-16-18-8-3-1-4-9-18/h1-15H,16-17H2/b22-15-,26-24?. The van der Waals surface area contributed by atoms with Crippen LogP contribution in [-0.2, 0) is 17.9 Å². The van der Waals surface area contributed by atoms with Crippen LogP contribution in [0.2, 0.25) is 0 Å². The maximum absolute atomic E-state index is 13.5. The zero-order chi connectivity index (χ0) is 20.1. The van der Waals surface area contributed by atoms with Crippen molar-refractivity contribution in [1.82, 2.24) is 4.90 Å². The smallest absolute Gasteiger partial charge is 0.267 e. The number of benzene rings is 3. The lowest BCUT2D eigenvalue weighted by atomic mass is 10.2. The minimum Gasteiger partial charge on any atom is -0.282 e. The van der Waals surface area contributed by atoms with E-state index in [-0.39, 0.29) is 11.7 Å². The fourth-order valence-electron chi connectivity index (χ4n) is 3.02. The molecule has 1 aliphatic rings. The number of rotatable bonds is 5. The lowest BCUT2D eigenvalue weighted by molar-refractivity contribution is -0.122. The zero-order valence-corrected chi connectivity index (χ0v) is 16.5. The summed E-state index contributed by atoms with van der Waals surface area (Å²) < 4.78 is 13.5. The molecular weight excluding hydrogens is 383 g/mol. The van der Waals surface area contributed by atoms with E-state index in [9.17, 15) is 9.18 Å². The summed E-state index contributed by atoms with van der Waals surface area (Å²) in [6.07, 6.45) is 1.72. The normalized spacial score (nSPS) is 16.7. The van der Waals surface area contributed by atoms with Gasteiger partial charge in [-0.25, -0.2) is 4.39 Å². The first-order valence-corrected chi connectivity index (χ1v) is 10.1. The van der Waals surface area contributed by atoms with Gasteiger partial charge < -0.3 is 0 Å². The van der Waals surface area contributed by atoms with Gasteiger partial charge in [0.05, 0.1) is 18.0 Å². The van der Waals surface area contributed by atoms with Crippen molar-refractivity contribution in [2.45, 2.75) is 13.1 Å². The van der Waals surface area contributed by atoms with Gasteiger partial charge in [-0.2, -0.15) is 0 Å². The number of amidine groups is 1. The molecule has 144 valence electrons. The van der Waals surface area contributed by atoms with Crippen molar-refractivity contribution in [3.8, 4) is 0 Å². The number of aliphatic imine (C=N–C) groups is 1. The SMILES string of the molecule is O=C1/C(=C/c2cccc(F)c2)SC(=NCc2ccccc2)N1Cc1ccccc1. The molecule has 1 saturated heterocycles. The Labute approximate surface area is 173 Å². The van der Waals surface area contributed by atoms with E-state index in [4.69, 9.17) is 4.99 Å². The summed E-state index contributed by atoms with van der Waals surface area (Å²) in [6, 6.07) is 26.0. The van der Waals surface area contributed by atoms with E-state index < -0.39 is 0 Å². The average Bonchev–Trinajstić information content (AvgIpc) is 3.03. The molecule has 3 aromatic rings. The molecule has 1 aliphatic heterocycles. The Bertz CT molecular complexity index is 1060. The van der Waals surface area contributed by atoms with Crippen LogP contribution in [0.5, 0.6) is 0 Å². The van der Waals surface area contributed by atoms with Gasteiger partial charge in [-0.3, -0.25) is 14.7 Å². The molecule has 3 aromatic carbocycles. The Kier molecular flexibility index (Phi) is 5.86. The number of thioether (sulfide) groups is 1. The topological polar surface area (TPSA) is 32.7 Å². The maximum Gasteiger partial charge on any atom is 0.267 e. The van der Waals surface area contributed by atoms with Crippen molar-refractivity contribution in [3.63, 3.8) is 0 Å². The molecule has 5 heteroatoms. The highest BCUT2D eigenvalue weighted by Gasteiger charge is 2.33. The van der Waals surface area contributed by atoms with Crippen molar-refractivity contribution in [1.29, 1.82) is 0 Å². The second-order valence-corrected chi connectivity index (χ2v) is 7.64. The molecule has 0 saturated carbocycles. The number of amides is 1. The summed E-state index contributed by atoms with van der Waals surface area (Å²) in [5.74, 6) is -0.441. The molecule has 1 heterocycles. The molecule has 0 atom stereocenters. The third-order valence-corrected chi connectivity index (χ3v) is 5.50. The highest BCUT2D eigenvalue weighted by molar-refractivity contribution is 8.18. The average molecular weight is 402 g/mol. The van der Waals surface area contributed by atoms with E-state index >= 15 is 0 Å². The quantitative estimate of drug-likeness (QED) is 0.528. The molecule has 0 radical (unpaired) electrons. The molecule has 0 N–H and O–H groups in total. The molecule has 0 unspecified atom stereocenters. The first kappa shape index (κ1) is 19.2. The van der Waals surface area contributed by atoms with Crippen LogP contribution in [0.3, 0.4) is 0 Å².